The van der Waals surface area contributed by atoms with E-state index in [2.05, 4.69) is 44.7 Å². The van der Waals surface area contributed by atoms with Crippen LogP contribution in [0, 0.1) is 6.92 Å². The number of aliphatic hydroxyl groups is 1. The standard InChI is InChI=1S/C24H27ClN2O/c1-4-6-16-24(28,15-5-2)23-17-22(19-9-7-18(3)8-10-19)27(26-23)21-13-11-20(25)12-14-21/h4,7-14,17,28H,1,5-6,15-16H2,2-3H3. The number of halogens is 1. The Morgan fingerprint density at radius 2 is 1.79 bits per heavy atom. The molecular formula is C24H27ClN2O. The monoisotopic (exact) mass is 394 g/mol. The van der Waals surface area contributed by atoms with Gasteiger partial charge in [-0.25, -0.2) is 4.68 Å². The summed E-state index contributed by atoms with van der Waals surface area (Å²) in [6, 6.07) is 18.0. The van der Waals surface area contributed by atoms with Gasteiger partial charge in [-0.3, -0.25) is 0 Å². The zero-order valence-corrected chi connectivity index (χ0v) is 17.3. The van der Waals surface area contributed by atoms with E-state index >= 15 is 0 Å². The summed E-state index contributed by atoms with van der Waals surface area (Å²) in [7, 11) is 0. The summed E-state index contributed by atoms with van der Waals surface area (Å²) in [6.45, 7) is 7.95. The smallest absolute Gasteiger partial charge is 0.109 e. The van der Waals surface area contributed by atoms with E-state index < -0.39 is 5.60 Å². The lowest BCUT2D eigenvalue weighted by atomic mass is 9.88. The molecule has 3 nitrogen and oxygen atoms in total. The Bertz CT molecular complexity index is 865. The number of hydrogen-bond donors (Lipinski definition) is 1. The van der Waals surface area contributed by atoms with Crippen molar-refractivity contribution in [3.63, 3.8) is 0 Å². The molecule has 2 aromatic carbocycles. The lowest BCUT2D eigenvalue weighted by Crippen LogP contribution is -2.26. The molecule has 28 heavy (non-hydrogen) atoms. The van der Waals surface area contributed by atoms with Crippen molar-refractivity contribution in [3.05, 3.63) is 83.5 Å². The molecule has 146 valence electrons. The molecule has 0 bridgehead atoms. The van der Waals surface area contributed by atoms with Crippen molar-refractivity contribution in [2.24, 2.45) is 0 Å². The Morgan fingerprint density at radius 3 is 2.39 bits per heavy atom. The first-order chi connectivity index (χ1) is 13.5. The quantitative estimate of drug-likeness (QED) is 0.445. The van der Waals surface area contributed by atoms with Crippen LogP contribution in [0.5, 0.6) is 0 Å². The molecular weight excluding hydrogens is 368 g/mol. The Hall–Kier alpha value is -2.36. The summed E-state index contributed by atoms with van der Waals surface area (Å²) in [5.41, 5.74) is 3.85. The zero-order valence-electron chi connectivity index (χ0n) is 16.5. The summed E-state index contributed by atoms with van der Waals surface area (Å²) < 4.78 is 1.89. The molecule has 1 aromatic heterocycles. The van der Waals surface area contributed by atoms with Gasteiger partial charge in [0.05, 0.1) is 17.1 Å². The SMILES string of the molecule is C=CCCC(O)(CCC)c1cc(-c2ccc(C)cc2)n(-c2ccc(Cl)cc2)n1. The summed E-state index contributed by atoms with van der Waals surface area (Å²) in [5, 5.41) is 16.9. The first kappa shape index (κ1) is 20.4. The van der Waals surface area contributed by atoms with Crippen LogP contribution in [0.15, 0.2) is 67.3 Å². The summed E-state index contributed by atoms with van der Waals surface area (Å²) in [6.07, 6.45) is 4.73. The molecule has 0 aliphatic heterocycles. The third-order valence-electron chi connectivity index (χ3n) is 5.03. The number of hydrogen-bond acceptors (Lipinski definition) is 2. The second-order valence-electron chi connectivity index (χ2n) is 7.28. The van der Waals surface area contributed by atoms with Gasteiger partial charge >= 0.3 is 0 Å². The molecule has 0 saturated heterocycles. The molecule has 4 heteroatoms. The largest absolute Gasteiger partial charge is 0.383 e. The van der Waals surface area contributed by atoms with Gasteiger partial charge < -0.3 is 5.11 Å². The first-order valence-electron chi connectivity index (χ1n) is 9.73. The minimum atomic E-state index is -0.972. The van der Waals surface area contributed by atoms with Gasteiger partial charge in [-0.2, -0.15) is 5.10 Å². The van der Waals surface area contributed by atoms with E-state index in [4.69, 9.17) is 16.7 Å². The maximum absolute atomic E-state index is 11.4. The van der Waals surface area contributed by atoms with Crippen molar-refractivity contribution in [2.75, 3.05) is 0 Å². The van der Waals surface area contributed by atoms with Gasteiger partial charge in [0.1, 0.15) is 5.60 Å². The van der Waals surface area contributed by atoms with E-state index in [1.807, 2.05) is 41.1 Å². The molecule has 1 unspecified atom stereocenters. The van der Waals surface area contributed by atoms with Gasteiger partial charge in [0.25, 0.3) is 0 Å². The van der Waals surface area contributed by atoms with E-state index in [0.29, 0.717) is 23.6 Å². The number of aryl methyl sites for hydroxylation is 1. The summed E-state index contributed by atoms with van der Waals surface area (Å²) >= 11 is 6.07. The minimum Gasteiger partial charge on any atom is -0.383 e. The summed E-state index contributed by atoms with van der Waals surface area (Å²) in [5.74, 6) is 0. The normalized spacial score (nSPS) is 13.3. The van der Waals surface area contributed by atoms with Crippen molar-refractivity contribution < 1.29 is 5.11 Å². The molecule has 0 amide bonds. The van der Waals surface area contributed by atoms with Crippen LogP contribution >= 0.6 is 11.6 Å². The lowest BCUT2D eigenvalue weighted by Gasteiger charge is -2.25. The van der Waals surface area contributed by atoms with Crippen LogP contribution in [-0.2, 0) is 5.60 Å². The predicted molar refractivity (Wildman–Crippen MR) is 117 cm³/mol. The topological polar surface area (TPSA) is 38.0 Å². The van der Waals surface area contributed by atoms with Crippen LogP contribution in [0.25, 0.3) is 16.9 Å². The van der Waals surface area contributed by atoms with E-state index in [1.54, 1.807) is 0 Å². The fourth-order valence-corrected chi connectivity index (χ4v) is 3.58. The van der Waals surface area contributed by atoms with Crippen LogP contribution in [-0.4, -0.2) is 14.9 Å². The first-order valence-corrected chi connectivity index (χ1v) is 10.1. The van der Waals surface area contributed by atoms with Crippen molar-refractivity contribution in [1.29, 1.82) is 0 Å². The van der Waals surface area contributed by atoms with Gasteiger partial charge in [-0.05, 0) is 56.5 Å². The molecule has 0 saturated carbocycles. The van der Waals surface area contributed by atoms with Crippen molar-refractivity contribution >= 4 is 11.6 Å². The number of allylic oxidation sites excluding steroid dienone is 1. The molecule has 1 atom stereocenters. The highest BCUT2D eigenvalue weighted by Gasteiger charge is 2.31. The van der Waals surface area contributed by atoms with Gasteiger partial charge in [0, 0.05) is 10.6 Å². The lowest BCUT2D eigenvalue weighted by molar-refractivity contribution is 0.0141. The molecule has 0 radical (unpaired) electrons. The van der Waals surface area contributed by atoms with Crippen LogP contribution < -0.4 is 0 Å². The third-order valence-corrected chi connectivity index (χ3v) is 5.28. The number of benzene rings is 2. The van der Waals surface area contributed by atoms with E-state index in [-0.39, 0.29) is 0 Å². The highest BCUT2D eigenvalue weighted by Crippen LogP contribution is 2.35. The summed E-state index contributed by atoms with van der Waals surface area (Å²) in [4.78, 5) is 0. The average molecular weight is 395 g/mol. The van der Waals surface area contributed by atoms with Crippen LogP contribution in [0.1, 0.15) is 43.9 Å². The van der Waals surface area contributed by atoms with Gasteiger partial charge in [0.2, 0.25) is 0 Å². The zero-order chi connectivity index (χ0) is 20.1. The number of rotatable bonds is 8. The maximum atomic E-state index is 11.4. The highest BCUT2D eigenvalue weighted by atomic mass is 35.5. The van der Waals surface area contributed by atoms with Crippen molar-refractivity contribution in [1.82, 2.24) is 9.78 Å². The average Bonchev–Trinajstić information content (AvgIpc) is 3.14. The van der Waals surface area contributed by atoms with Crippen LogP contribution in [0.2, 0.25) is 5.02 Å². The molecule has 1 heterocycles. The maximum Gasteiger partial charge on any atom is 0.109 e. The van der Waals surface area contributed by atoms with Crippen LogP contribution in [0.4, 0.5) is 0 Å². The molecule has 3 aromatic rings. The van der Waals surface area contributed by atoms with Gasteiger partial charge in [0.15, 0.2) is 0 Å². The fraction of sp³-hybridized carbons (Fsp3) is 0.292. The Morgan fingerprint density at radius 1 is 1.11 bits per heavy atom. The second-order valence-corrected chi connectivity index (χ2v) is 7.71. The van der Waals surface area contributed by atoms with Crippen molar-refractivity contribution in [3.8, 4) is 16.9 Å². The molecule has 0 aliphatic rings. The molecule has 0 aliphatic carbocycles. The Balaban J connectivity index is 2.14. The molecule has 3 rings (SSSR count). The fourth-order valence-electron chi connectivity index (χ4n) is 3.45. The van der Waals surface area contributed by atoms with Crippen molar-refractivity contribution in [2.45, 2.75) is 45.1 Å². The number of nitrogens with zero attached hydrogens (tertiary/aromatic N) is 2. The Labute approximate surface area is 172 Å². The van der Waals surface area contributed by atoms with Crippen LogP contribution in [0.3, 0.4) is 0 Å². The molecule has 0 spiro atoms. The van der Waals surface area contributed by atoms with E-state index in [1.165, 1.54) is 5.56 Å². The minimum absolute atomic E-state index is 0.606. The van der Waals surface area contributed by atoms with Gasteiger partial charge in [-0.15, -0.1) is 6.58 Å². The third kappa shape index (κ3) is 4.37. The van der Waals surface area contributed by atoms with Gasteiger partial charge in [-0.1, -0.05) is 60.9 Å². The Kier molecular flexibility index (Phi) is 6.38. The van der Waals surface area contributed by atoms with E-state index in [0.717, 1.165) is 29.8 Å². The predicted octanol–water partition coefficient (Wildman–Crippen LogP) is 6.46. The molecule has 1 N–H and O–H groups in total. The highest BCUT2D eigenvalue weighted by molar-refractivity contribution is 6.30. The van der Waals surface area contributed by atoms with E-state index in [9.17, 15) is 5.11 Å². The second kappa shape index (κ2) is 8.76. The number of aromatic nitrogens is 2. The molecule has 0 fully saturated rings.